The molecular weight excluding hydrogens is 136 g/mol. The highest BCUT2D eigenvalue weighted by atomic mass is 32.1. The minimum atomic E-state index is 0.335. The molecule has 0 bridgehead atoms. The van der Waals surface area contributed by atoms with E-state index in [0.29, 0.717) is 5.95 Å². The molecule has 0 unspecified atom stereocenters. The molecule has 0 radical (unpaired) electrons. The van der Waals surface area contributed by atoms with Crippen molar-refractivity contribution in [1.29, 1.82) is 0 Å². The van der Waals surface area contributed by atoms with Crippen molar-refractivity contribution in [2.24, 2.45) is 0 Å². The van der Waals surface area contributed by atoms with Crippen LogP contribution in [-0.2, 0) is 0 Å². The SMILES string of the molecule is Nc1nc2sccn2n1. The Morgan fingerprint density at radius 1 is 1.67 bits per heavy atom. The molecule has 0 saturated heterocycles. The predicted octanol–water partition coefficient (Wildman–Crippen LogP) is 0.373. The highest BCUT2D eigenvalue weighted by Crippen LogP contribution is 2.08. The molecule has 0 aliphatic heterocycles. The van der Waals surface area contributed by atoms with Crippen LogP contribution in [0.25, 0.3) is 4.96 Å². The van der Waals surface area contributed by atoms with E-state index in [1.54, 1.807) is 4.52 Å². The van der Waals surface area contributed by atoms with Crippen molar-refractivity contribution < 1.29 is 0 Å². The maximum atomic E-state index is 5.30. The van der Waals surface area contributed by atoms with Crippen molar-refractivity contribution in [3.05, 3.63) is 11.6 Å². The normalized spacial score (nSPS) is 10.7. The van der Waals surface area contributed by atoms with Gasteiger partial charge < -0.3 is 5.73 Å². The van der Waals surface area contributed by atoms with Gasteiger partial charge in [0.2, 0.25) is 10.9 Å². The first kappa shape index (κ1) is 4.75. The Bertz CT molecular complexity index is 293. The molecule has 2 heterocycles. The van der Waals surface area contributed by atoms with Gasteiger partial charge in [-0.2, -0.15) is 4.98 Å². The fourth-order valence-electron chi connectivity index (χ4n) is 0.651. The van der Waals surface area contributed by atoms with Crippen molar-refractivity contribution in [1.82, 2.24) is 14.6 Å². The molecule has 0 spiro atoms. The van der Waals surface area contributed by atoms with Gasteiger partial charge in [-0.25, -0.2) is 4.52 Å². The molecule has 2 aromatic rings. The number of fused-ring (bicyclic) bond motifs is 1. The van der Waals surface area contributed by atoms with Gasteiger partial charge in [-0.15, -0.1) is 16.4 Å². The first-order chi connectivity index (χ1) is 4.36. The van der Waals surface area contributed by atoms with E-state index in [1.807, 2.05) is 11.6 Å². The average molecular weight is 140 g/mol. The molecule has 5 heteroatoms. The zero-order valence-corrected chi connectivity index (χ0v) is 5.30. The van der Waals surface area contributed by atoms with Gasteiger partial charge in [-0.3, -0.25) is 0 Å². The topological polar surface area (TPSA) is 56.2 Å². The molecule has 46 valence electrons. The van der Waals surface area contributed by atoms with Gasteiger partial charge in [0.15, 0.2) is 0 Å². The van der Waals surface area contributed by atoms with Gasteiger partial charge in [0.05, 0.1) is 0 Å². The summed E-state index contributed by atoms with van der Waals surface area (Å²) in [7, 11) is 0. The second-order valence-corrected chi connectivity index (χ2v) is 2.47. The van der Waals surface area contributed by atoms with Crippen LogP contribution in [0.15, 0.2) is 11.6 Å². The third kappa shape index (κ3) is 0.580. The lowest BCUT2D eigenvalue weighted by atomic mass is 11.0. The summed E-state index contributed by atoms with van der Waals surface area (Å²) in [5.74, 6) is 0.335. The molecule has 2 aromatic heterocycles. The lowest BCUT2D eigenvalue weighted by Gasteiger charge is -1.71. The number of thiazole rings is 1. The maximum absolute atomic E-state index is 5.30. The molecule has 0 aliphatic carbocycles. The van der Waals surface area contributed by atoms with E-state index < -0.39 is 0 Å². The first-order valence-corrected chi connectivity index (χ1v) is 3.29. The Labute approximate surface area is 54.9 Å². The van der Waals surface area contributed by atoms with Crippen LogP contribution in [0, 0.1) is 0 Å². The molecule has 4 nitrogen and oxygen atoms in total. The summed E-state index contributed by atoms with van der Waals surface area (Å²) in [4.78, 5) is 4.76. The first-order valence-electron chi connectivity index (χ1n) is 2.41. The average Bonchev–Trinajstić information content (AvgIpc) is 2.22. The standard InChI is InChI=1S/C4H4N4S/c5-3-6-4-8(7-3)1-2-9-4/h1-2H,(H2,5,7). The van der Waals surface area contributed by atoms with Crippen molar-refractivity contribution >= 4 is 22.2 Å². The van der Waals surface area contributed by atoms with Crippen LogP contribution < -0.4 is 5.73 Å². The Morgan fingerprint density at radius 2 is 2.56 bits per heavy atom. The summed E-state index contributed by atoms with van der Waals surface area (Å²) in [6.07, 6.45) is 1.82. The van der Waals surface area contributed by atoms with Gasteiger partial charge >= 0.3 is 0 Å². The number of nitrogens with zero attached hydrogens (tertiary/aromatic N) is 3. The summed E-state index contributed by atoms with van der Waals surface area (Å²) >= 11 is 1.52. The van der Waals surface area contributed by atoms with Crippen LogP contribution in [0.1, 0.15) is 0 Å². The number of nitrogen functional groups attached to an aromatic ring is 1. The fourth-order valence-corrected chi connectivity index (χ4v) is 1.30. The summed E-state index contributed by atoms with van der Waals surface area (Å²) in [5, 5.41) is 5.78. The Hall–Kier alpha value is -1.10. The van der Waals surface area contributed by atoms with E-state index in [1.165, 1.54) is 11.3 Å². The zero-order valence-electron chi connectivity index (χ0n) is 4.48. The Balaban J connectivity index is 2.92. The molecule has 0 amide bonds. The molecular formula is C4H4N4S. The van der Waals surface area contributed by atoms with E-state index in [0.717, 1.165) is 4.96 Å². The van der Waals surface area contributed by atoms with Crippen LogP contribution in [0.2, 0.25) is 0 Å². The summed E-state index contributed by atoms with van der Waals surface area (Å²) in [5.41, 5.74) is 5.30. The second-order valence-electron chi connectivity index (χ2n) is 1.60. The van der Waals surface area contributed by atoms with Gasteiger partial charge in [-0.05, 0) is 0 Å². The highest BCUT2D eigenvalue weighted by Gasteiger charge is 1.97. The monoisotopic (exact) mass is 140 g/mol. The number of hydrogen-bond donors (Lipinski definition) is 1. The van der Waals surface area contributed by atoms with E-state index in [4.69, 9.17) is 5.73 Å². The van der Waals surface area contributed by atoms with E-state index >= 15 is 0 Å². The maximum Gasteiger partial charge on any atom is 0.241 e. The molecule has 0 fully saturated rings. The lowest BCUT2D eigenvalue weighted by molar-refractivity contribution is 0.985. The van der Waals surface area contributed by atoms with Crippen LogP contribution in [0.5, 0.6) is 0 Å². The third-order valence-electron chi connectivity index (χ3n) is 0.992. The van der Waals surface area contributed by atoms with Crippen LogP contribution in [-0.4, -0.2) is 14.6 Å². The molecule has 2 N–H and O–H groups in total. The Morgan fingerprint density at radius 3 is 3.33 bits per heavy atom. The molecule has 0 aliphatic rings. The van der Waals surface area contributed by atoms with Crippen LogP contribution in [0.4, 0.5) is 5.95 Å². The highest BCUT2D eigenvalue weighted by molar-refractivity contribution is 7.15. The minimum Gasteiger partial charge on any atom is -0.366 e. The smallest absolute Gasteiger partial charge is 0.241 e. The molecule has 0 atom stereocenters. The predicted molar refractivity (Wildman–Crippen MR) is 35.3 cm³/mol. The molecule has 2 rings (SSSR count). The van der Waals surface area contributed by atoms with E-state index in [-0.39, 0.29) is 0 Å². The van der Waals surface area contributed by atoms with Crippen molar-refractivity contribution in [3.63, 3.8) is 0 Å². The van der Waals surface area contributed by atoms with Gasteiger partial charge in [-0.1, -0.05) is 0 Å². The van der Waals surface area contributed by atoms with Crippen molar-refractivity contribution in [2.75, 3.05) is 5.73 Å². The van der Waals surface area contributed by atoms with Crippen LogP contribution >= 0.6 is 11.3 Å². The van der Waals surface area contributed by atoms with E-state index in [9.17, 15) is 0 Å². The molecule has 0 saturated carbocycles. The largest absolute Gasteiger partial charge is 0.366 e. The van der Waals surface area contributed by atoms with Crippen LogP contribution in [0.3, 0.4) is 0 Å². The minimum absolute atomic E-state index is 0.335. The fraction of sp³-hybridized carbons (Fsp3) is 0. The lowest BCUT2D eigenvalue weighted by Crippen LogP contribution is -1.86. The third-order valence-corrected chi connectivity index (χ3v) is 1.74. The summed E-state index contributed by atoms with van der Waals surface area (Å²) < 4.78 is 1.65. The zero-order chi connectivity index (χ0) is 6.27. The molecule has 0 aromatic carbocycles. The summed E-state index contributed by atoms with van der Waals surface area (Å²) in [6, 6.07) is 0. The number of hydrogen-bond acceptors (Lipinski definition) is 4. The van der Waals surface area contributed by atoms with E-state index in [2.05, 4.69) is 10.1 Å². The van der Waals surface area contributed by atoms with Gasteiger partial charge in [0.1, 0.15) is 0 Å². The Kier molecular flexibility index (Phi) is 0.762. The van der Waals surface area contributed by atoms with Gasteiger partial charge in [0.25, 0.3) is 0 Å². The second kappa shape index (κ2) is 1.44. The summed E-state index contributed by atoms with van der Waals surface area (Å²) in [6.45, 7) is 0. The number of anilines is 1. The quantitative estimate of drug-likeness (QED) is 0.575. The molecule has 9 heavy (non-hydrogen) atoms. The number of rotatable bonds is 0. The number of aromatic nitrogens is 3. The van der Waals surface area contributed by atoms with Crippen molar-refractivity contribution in [3.8, 4) is 0 Å². The van der Waals surface area contributed by atoms with Gasteiger partial charge in [0, 0.05) is 11.6 Å². The van der Waals surface area contributed by atoms with Crippen molar-refractivity contribution in [2.45, 2.75) is 0 Å². The number of nitrogens with two attached hydrogens (primary N) is 1.